The molecule has 5 N–H and O–H groups in total. The molecule has 11 heteroatoms. The van der Waals surface area contributed by atoms with Crippen molar-refractivity contribution in [2.45, 2.75) is 140 Å². The van der Waals surface area contributed by atoms with Gasteiger partial charge in [0.15, 0.2) is 0 Å². The Hall–Kier alpha value is -2.24. The van der Waals surface area contributed by atoms with Crippen LogP contribution in [0, 0.1) is 16.2 Å². The molecular weight excluding hydrogens is 562 g/mol. The van der Waals surface area contributed by atoms with E-state index in [2.05, 4.69) is 42.0 Å². The van der Waals surface area contributed by atoms with E-state index >= 15 is 0 Å². The Labute approximate surface area is 267 Å². The molecule has 0 rings (SSSR count). The maximum atomic E-state index is 13.0. The minimum atomic E-state index is -0.986. The van der Waals surface area contributed by atoms with Gasteiger partial charge in [-0.15, -0.1) is 0 Å². The average Bonchev–Trinajstić information content (AvgIpc) is 2.80. The third-order valence-electron chi connectivity index (χ3n) is 7.11. The van der Waals surface area contributed by atoms with Crippen LogP contribution in [0.4, 0.5) is 0 Å². The number of aliphatic hydroxyl groups is 1. The number of nitrogens with one attached hydrogen (secondary N) is 4. The van der Waals surface area contributed by atoms with Crippen LogP contribution in [0.3, 0.4) is 0 Å². The summed E-state index contributed by atoms with van der Waals surface area (Å²) in [4.78, 5) is 52.3. The molecule has 0 fully saturated rings. The van der Waals surface area contributed by atoms with Crippen molar-refractivity contribution >= 4 is 23.6 Å². The van der Waals surface area contributed by atoms with Gasteiger partial charge >= 0.3 is 0 Å². The summed E-state index contributed by atoms with van der Waals surface area (Å²) in [6.45, 7) is 26.1. The zero-order valence-corrected chi connectivity index (χ0v) is 30.0. The van der Waals surface area contributed by atoms with Crippen LogP contribution < -0.4 is 21.3 Å². The number of carbonyl (C=O) groups excluding carboxylic acids is 4. The van der Waals surface area contributed by atoms with Crippen LogP contribution in [0.1, 0.15) is 116 Å². The summed E-state index contributed by atoms with van der Waals surface area (Å²) >= 11 is 0. The van der Waals surface area contributed by atoms with Crippen molar-refractivity contribution in [3.8, 4) is 0 Å². The molecule has 0 saturated heterocycles. The number of nitrogens with zero attached hydrogens (tertiary/aromatic N) is 1. The lowest BCUT2D eigenvalue weighted by molar-refractivity contribution is -0.138. The van der Waals surface area contributed by atoms with Gasteiger partial charge in [0.05, 0.1) is 18.7 Å². The monoisotopic (exact) mass is 627 g/mol. The van der Waals surface area contributed by atoms with E-state index in [9.17, 15) is 24.3 Å². The van der Waals surface area contributed by atoms with Crippen molar-refractivity contribution in [2.24, 2.45) is 16.2 Å². The summed E-state index contributed by atoms with van der Waals surface area (Å²) < 4.78 is 6.11. The lowest BCUT2D eigenvalue weighted by atomic mass is 9.75. The lowest BCUT2D eigenvalue weighted by Gasteiger charge is -2.32. The minimum absolute atomic E-state index is 0.000760. The van der Waals surface area contributed by atoms with E-state index in [0.29, 0.717) is 26.0 Å². The van der Waals surface area contributed by atoms with Gasteiger partial charge in [-0.25, -0.2) is 0 Å². The van der Waals surface area contributed by atoms with Crippen molar-refractivity contribution in [2.75, 3.05) is 32.8 Å². The number of ether oxygens (including phenoxy) is 1. The largest absolute Gasteiger partial charge is 0.377 e. The molecule has 1 atom stereocenters. The van der Waals surface area contributed by atoms with Gasteiger partial charge in [-0.3, -0.25) is 24.5 Å². The van der Waals surface area contributed by atoms with Crippen LogP contribution in [0.15, 0.2) is 0 Å². The first-order valence-corrected chi connectivity index (χ1v) is 16.1. The van der Waals surface area contributed by atoms with E-state index in [1.165, 1.54) is 4.90 Å². The molecule has 0 aliphatic rings. The fourth-order valence-corrected chi connectivity index (χ4v) is 5.01. The molecule has 11 nitrogen and oxygen atoms in total. The number of carbonyl (C=O) groups is 4. The molecule has 0 saturated carbocycles. The van der Waals surface area contributed by atoms with Gasteiger partial charge in [-0.2, -0.15) is 0 Å². The van der Waals surface area contributed by atoms with E-state index < -0.39 is 22.7 Å². The Morgan fingerprint density at radius 1 is 0.773 bits per heavy atom. The number of rotatable bonds is 20. The molecule has 44 heavy (non-hydrogen) atoms. The summed E-state index contributed by atoms with van der Waals surface area (Å²) in [6.07, 6.45) is 0.888. The Balaban J connectivity index is 4.81. The molecule has 0 spiro atoms. The second-order valence-corrected chi connectivity index (χ2v) is 15.7. The summed E-state index contributed by atoms with van der Waals surface area (Å²) in [5.41, 5.74) is -1.63. The molecule has 0 aromatic carbocycles. The van der Waals surface area contributed by atoms with Crippen molar-refractivity contribution < 1.29 is 29.0 Å². The third kappa shape index (κ3) is 18.5. The fraction of sp³-hybridized carbons (Fsp3) is 0.879. The molecule has 1 unspecified atom stereocenters. The van der Waals surface area contributed by atoms with Crippen molar-refractivity contribution in [3.05, 3.63) is 0 Å². The molecule has 0 aliphatic carbocycles. The fourth-order valence-electron chi connectivity index (χ4n) is 5.01. The Bertz CT molecular complexity index is 924. The smallest absolute Gasteiger partial charge is 0.239 e. The Morgan fingerprint density at radius 2 is 1.32 bits per heavy atom. The molecule has 0 heterocycles. The summed E-state index contributed by atoms with van der Waals surface area (Å²) in [6, 6.07) is -0.0786. The van der Waals surface area contributed by atoms with Crippen LogP contribution in [-0.2, 0) is 23.9 Å². The highest BCUT2D eigenvalue weighted by Gasteiger charge is 2.33. The second-order valence-electron chi connectivity index (χ2n) is 15.7. The molecule has 0 aliphatic heterocycles. The molecule has 0 aromatic rings. The molecule has 0 bridgehead atoms. The topological polar surface area (TPSA) is 149 Å². The number of hydrogen-bond donors (Lipinski definition) is 5. The molecule has 4 amide bonds. The average molecular weight is 628 g/mol. The van der Waals surface area contributed by atoms with Gasteiger partial charge in [0.25, 0.3) is 0 Å². The highest BCUT2D eigenvalue weighted by molar-refractivity contribution is 5.86. The predicted molar refractivity (Wildman–Crippen MR) is 176 cm³/mol. The normalized spacial score (nSPS) is 13.5. The SMILES string of the molecule is CC(C)NC(=O)CN(CC(O)NC(C)C)C(=O)CCNC(=O)C(C)(C)CCOC(C)(C)CCNC(=O)C(C)(C)CC(C)(C)C. The number of hydrogen-bond acceptors (Lipinski definition) is 7. The number of aliphatic hydroxyl groups excluding tert-OH is 1. The van der Waals surface area contributed by atoms with Gasteiger partial charge in [0.2, 0.25) is 23.6 Å². The van der Waals surface area contributed by atoms with Gasteiger partial charge < -0.3 is 30.7 Å². The standard InChI is InChI=1S/C33H65N5O6/c1-23(2)36-25(39)20-38(21-26(40)37-24(3)4)27(41)14-17-34-28(42)31(8,9)16-19-44-33(12,13)15-18-35-29(43)32(10,11)22-30(5,6)7/h23-25,36,39H,14-22H2,1-13H3,(H,34,42)(H,35,43)(H,37,40). The highest BCUT2D eigenvalue weighted by Crippen LogP contribution is 2.33. The van der Waals surface area contributed by atoms with Crippen LogP contribution >= 0.6 is 0 Å². The summed E-state index contributed by atoms with van der Waals surface area (Å²) in [5, 5.41) is 21.9. The van der Waals surface area contributed by atoms with Crippen LogP contribution in [-0.4, -0.2) is 90.3 Å². The highest BCUT2D eigenvalue weighted by atomic mass is 16.5. The molecule has 258 valence electrons. The van der Waals surface area contributed by atoms with E-state index in [1.54, 1.807) is 0 Å². The Morgan fingerprint density at radius 3 is 1.84 bits per heavy atom. The number of amides is 4. The van der Waals surface area contributed by atoms with Gasteiger partial charge in [-0.1, -0.05) is 48.5 Å². The van der Waals surface area contributed by atoms with Crippen molar-refractivity contribution in [1.82, 2.24) is 26.2 Å². The van der Waals surface area contributed by atoms with Crippen LogP contribution in [0.5, 0.6) is 0 Å². The zero-order chi connectivity index (χ0) is 34.5. The maximum Gasteiger partial charge on any atom is 0.239 e. The van der Waals surface area contributed by atoms with Crippen molar-refractivity contribution in [1.29, 1.82) is 0 Å². The third-order valence-corrected chi connectivity index (χ3v) is 7.11. The van der Waals surface area contributed by atoms with Gasteiger partial charge in [0, 0.05) is 49.0 Å². The van der Waals surface area contributed by atoms with E-state index in [0.717, 1.165) is 6.42 Å². The predicted octanol–water partition coefficient (Wildman–Crippen LogP) is 3.34. The quantitative estimate of drug-likeness (QED) is 0.130. The first-order chi connectivity index (χ1) is 19.9. The lowest BCUT2D eigenvalue weighted by Crippen LogP contribution is -2.50. The van der Waals surface area contributed by atoms with Crippen molar-refractivity contribution in [3.63, 3.8) is 0 Å². The molecular formula is C33H65N5O6. The van der Waals surface area contributed by atoms with E-state index in [-0.39, 0.29) is 67.2 Å². The van der Waals surface area contributed by atoms with Crippen LogP contribution in [0.25, 0.3) is 0 Å². The maximum absolute atomic E-state index is 13.0. The molecule has 0 radical (unpaired) electrons. The second kappa shape index (κ2) is 18.0. The first kappa shape index (κ1) is 41.8. The Kier molecular flexibility index (Phi) is 17.1. The van der Waals surface area contributed by atoms with Gasteiger partial charge in [-0.05, 0) is 66.2 Å². The molecule has 0 aromatic heterocycles. The summed E-state index contributed by atoms with van der Waals surface area (Å²) in [7, 11) is 0. The van der Waals surface area contributed by atoms with E-state index in [4.69, 9.17) is 4.74 Å². The van der Waals surface area contributed by atoms with E-state index in [1.807, 2.05) is 69.2 Å². The van der Waals surface area contributed by atoms with Crippen LogP contribution in [0.2, 0.25) is 0 Å². The zero-order valence-electron chi connectivity index (χ0n) is 30.0. The summed E-state index contributed by atoms with van der Waals surface area (Å²) in [5.74, 6) is -0.828. The first-order valence-electron chi connectivity index (χ1n) is 16.1. The minimum Gasteiger partial charge on any atom is -0.377 e. The van der Waals surface area contributed by atoms with Gasteiger partial charge in [0.1, 0.15) is 6.23 Å².